The Kier molecular flexibility index (Phi) is 5.84. The first kappa shape index (κ1) is 21.0. The quantitative estimate of drug-likeness (QED) is 0.555. The van der Waals surface area contributed by atoms with E-state index in [9.17, 15) is 18.0 Å². The molecule has 2 aromatic carbocycles. The predicted molar refractivity (Wildman–Crippen MR) is 112 cm³/mol. The van der Waals surface area contributed by atoms with Crippen molar-refractivity contribution < 1.29 is 23.1 Å². The summed E-state index contributed by atoms with van der Waals surface area (Å²) in [5.74, 6) is -1.73. The summed E-state index contributed by atoms with van der Waals surface area (Å²) in [7, 11) is -4.09. The molecule has 9 heteroatoms. The third-order valence-electron chi connectivity index (χ3n) is 4.42. The Balaban J connectivity index is 1.81. The number of rotatable bonds is 6. The maximum absolute atomic E-state index is 12.6. The zero-order chi connectivity index (χ0) is 21.9. The van der Waals surface area contributed by atoms with E-state index >= 15 is 0 Å². The predicted octanol–water partition coefficient (Wildman–Crippen LogP) is 3.45. The van der Waals surface area contributed by atoms with Crippen molar-refractivity contribution >= 4 is 33.4 Å². The van der Waals surface area contributed by atoms with Crippen molar-refractivity contribution in [3.05, 3.63) is 83.0 Å². The Bertz CT molecular complexity index is 1240. The highest BCUT2D eigenvalue weighted by Gasteiger charge is 2.18. The zero-order valence-electron chi connectivity index (χ0n) is 16.2. The summed E-state index contributed by atoms with van der Waals surface area (Å²) in [5.41, 5.74) is 2.79. The number of aryl methyl sites for hydroxylation is 2. The van der Waals surface area contributed by atoms with Crippen molar-refractivity contribution in [1.82, 2.24) is 4.98 Å². The number of sulfonamides is 1. The van der Waals surface area contributed by atoms with Crippen molar-refractivity contribution in [2.24, 2.45) is 0 Å². The van der Waals surface area contributed by atoms with Gasteiger partial charge in [0.1, 0.15) is 5.82 Å². The van der Waals surface area contributed by atoms with Crippen molar-refractivity contribution in [2.75, 3.05) is 10.0 Å². The van der Waals surface area contributed by atoms with Gasteiger partial charge in [0.2, 0.25) is 0 Å². The Morgan fingerprint density at radius 2 is 1.70 bits per heavy atom. The minimum atomic E-state index is -4.09. The monoisotopic (exact) mass is 425 g/mol. The minimum absolute atomic E-state index is 0.0662. The van der Waals surface area contributed by atoms with Gasteiger partial charge in [0.15, 0.2) is 0 Å². The van der Waals surface area contributed by atoms with Crippen LogP contribution in [0.15, 0.2) is 65.7 Å². The van der Waals surface area contributed by atoms with E-state index in [2.05, 4.69) is 15.0 Å². The summed E-state index contributed by atoms with van der Waals surface area (Å²) in [4.78, 5) is 27.3. The lowest BCUT2D eigenvalue weighted by atomic mass is 10.1. The summed E-state index contributed by atoms with van der Waals surface area (Å²) in [5, 5.41) is 11.8. The van der Waals surface area contributed by atoms with Crippen LogP contribution < -0.4 is 10.0 Å². The largest absolute Gasteiger partial charge is 0.478 e. The van der Waals surface area contributed by atoms with Gasteiger partial charge in [0, 0.05) is 17.4 Å². The summed E-state index contributed by atoms with van der Waals surface area (Å²) in [6.07, 6.45) is 1.31. The molecular formula is C21H19N3O5S. The molecular weight excluding hydrogens is 406 g/mol. The van der Waals surface area contributed by atoms with E-state index in [1.54, 1.807) is 6.07 Å². The number of carbonyl (C=O) groups excluding carboxylic acids is 1. The number of anilines is 2. The van der Waals surface area contributed by atoms with E-state index in [0.717, 1.165) is 17.2 Å². The van der Waals surface area contributed by atoms with Crippen LogP contribution in [-0.2, 0) is 10.0 Å². The molecule has 0 saturated carbocycles. The van der Waals surface area contributed by atoms with Gasteiger partial charge in [-0.3, -0.25) is 9.52 Å². The highest BCUT2D eigenvalue weighted by atomic mass is 32.2. The fourth-order valence-corrected chi connectivity index (χ4v) is 3.69. The van der Waals surface area contributed by atoms with Crippen LogP contribution in [0.3, 0.4) is 0 Å². The van der Waals surface area contributed by atoms with Crippen molar-refractivity contribution in [1.29, 1.82) is 0 Å². The van der Waals surface area contributed by atoms with Crippen LogP contribution in [0.2, 0.25) is 0 Å². The van der Waals surface area contributed by atoms with Crippen molar-refractivity contribution in [3.8, 4) is 0 Å². The molecule has 0 spiro atoms. The molecule has 8 nitrogen and oxygen atoms in total. The molecule has 30 heavy (non-hydrogen) atoms. The number of carboxylic acids is 1. The molecule has 3 N–H and O–H groups in total. The highest BCUT2D eigenvalue weighted by molar-refractivity contribution is 7.92. The van der Waals surface area contributed by atoms with Gasteiger partial charge in [-0.15, -0.1) is 0 Å². The van der Waals surface area contributed by atoms with E-state index < -0.39 is 21.9 Å². The molecule has 0 bridgehead atoms. The molecule has 0 aliphatic rings. The van der Waals surface area contributed by atoms with Crippen LogP contribution >= 0.6 is 0 Å². The third-order valence-corrected chi connectivity index (χ3v) is 5.77. The molecule has 1 amide bonds. The van der Waals surface area contributed by atoms with Gasteiger partial charge < -0.3 is 10.4 Å². The fourth-order valence-electron chi connectivity index (χ4n) is 2.64. The van der Waals surface area contributed by atoms with Gasteiger partial charge in [-0.05, 0) is 67.4 Å². The first-order valence-corrected chi connectivity index (χ1v) is 10.3. The first-order valence-electron chi connectivity index (χ1n) is 8.86. The van der Waals surface area contributed by atoms with Crippen LogP contribution in [0.1, 0.15) is 31.8 Å². The lowest BCUT2D eigenvalue weighted by Crippen LogP contribution is -2.16. The van der Waals surface area contributed by atoms with Crippen LogP contribution in [-0.4, -0.2) is 30.4 Å². The van der Waals surface area contributed by atoms with Crippen LogP contribution in [0, 0.1) is 13.8 Å². The number of aromatic nitrogens is 1. The zero-order valence-corrected chi connectivity index (χ0v) is 17.0. The average Bonchev–Trinajstić information content (AvgIpc) is 2.70. The molecule has 1 aromatic heterocycles. The first-order chi connectivity index (χ1) is 14.2. The summed E-state index contributed by atoms with van der Waals surface area (Å²) in [6.45, 7) is 3.90. The maximum Gasteiger partial charge on any atom is 0.335 e. The molecule has 3 rings (SSSR count). The molecule has 0 saturated heterocycles. The van der Waals surface area contributed by atoms with Crippen molar-refractivity contribution in [3.63, 3.8) is 0 Å². The van der Waals surface area contributed by atoms with Gasteiger partial charge in [0.05, 0.1) is 10.5 Å². The second kappa shape index (κ2) is 8.34. The van der Waals surface area contributed by atoms with E-state index in [1.165, 1.54) is 36.5 Å². The topological polar surface area (TPSA) is 125 Å². The van der Waals surface area contributed by atoms with E-state index in [0.29, 0.717) is 5.69 Å². The molecule has 0 atom stereocenters. The third kappa shape index (κ3) is 4.81. The van der Waals surface area contributed by atoms with Gasteiger partial charge in [-0.1, -0.05) is 12.1 Å². The SMILES string of the molecule is Cc1ccc(NC(=O)c2ccnc(NS(=O)(=O)c3cccc(C(=O)O)c3)c2)cc1C. The minimum Gasteiger partial charge on any atom is -0.478 e. The Hall–Kier alpha value is -3.72. The lowest BCUT2D eigenvalue weighted by molar-refractivity contribution is 0.0696. The average molecular weight is 425 g/mol. The van der Waals surface area contributed by atoms with E-state index in [4.69, 9.17) is 5.11 Å². The molecule has 0 aliphatic heterocycles. The van der Waals surface area contributed by atoms with Crippen LogP contribution in [0.5, 0.6) is 0 Å². The number of pyridine rings is 1. The van der Waals surface area contributed by atoms with E-state index in [-0.39, 0.29) is 21.8 Å². The number of nitrogens with zero attached hydrogens (tertiary/aromatic N) is 1. The second-order valence-electron chi connectivity index (χ2n) is 6.62. The van der Waals surface area contributed by atoms with Crippen molar-refractivity contribution in [2.45, 2.75) is 18.7 Å². The normalized spacial score (nSPS) is 11.0. The fraction of sp³-hybridized carbons (Fsp3) is 0.0952. The van der Waals surface area contributed by atoms with Gasteiger partial charge in [-0.25, -0.2) is 18.2 Å². The Labute approximate surface area is 173 Å². The molecule has 0 fully saturated rings. The van der Waals surface area contributed by atoms with Gasteiger partial charge in [0.25, 0.3) is 15.9 Å². The number of nitrogens with one attached hydrogen (secondary N) is 2. The number of carbonyl (C=O) groups is 2. The number of hydrogen-bond acceptors (Lipinski definition) is 5. The lowest BCUT2D eigenvalue weighted by Gasteiger charge is -2.10. The highest BCUT2D eigenvalue weighted by Crippen LogP contribution is 2.18. The Morgan fingerprint density at radius 3 is 2.40 bits per heavy atom. The standard InChI is InChI=1S/C21H19N3O5S/c1-13-6-7-17(10-14(13)2)23-20(25)15-8-9-22-19(12-15)24-30(28,29)18-5-3-4-16(11-18)21(26)27/h3-12H,1-2H3,(H,22,24)(H,23,25)(H,26,27). The Morgan fingerprint density at radius 1 is 0.933 bits per heavy atom. The maximum atomic E-state index is 12.6. The molecule has 154 valence electrons. The molecule has 0 unspecified atom stereocenters. The molecule has 3 aromatic rings. The second-order valence-corrected chi connectivity index (χ2v) is 8.30. The van der Waals surface area contributed by atoms with Gasteiger partial charge >= 0.3 is 5.97 Å². The summed E-state index contributed by atoms with van der Waals surface area (Å²) in [6, 6.07) is 13.2. The number of benzene rings is 2. The summed E-state index contributed by atoms with van der Waals surface area (Å²) < 4.78 is 27.4. The molecule has 0 radical (unpaired) electrons. The smallest absolute Gasteiger partial charge is 0.335 e. The van der Waals surface area contributed by atoms with E-state index in [1.807, 2.05) is 26.0 Å². The number of carboxylic acid groups (broad SMARTS) is 1. The molecule has 0 aliphatic carbocycles. The van der Waals surface area contributed by atoms with Gasteiger partial charge in [-0.2, -0.15) is 0 Å². The van der Waals surface area contributed by atoms with Crippen LogP contribution in [0.25, 0.3) is 0 Å². The summed E-state index contributed by atoms with van der Waals surface area (Å²) >= 11 is 0. The number of amides is 1. The van der Waals surface area contributed by atoms with Crippen LogP contribution in [0.4, 0.5) is 11.5 Å². The molecule has 1 heterocycles. The number of aromatic carboxylic acids is 1. The number of hydrogen-bond donors (Lipinski definition) is 3.